The lowest BCUT2D eigenvalue weighted by Gasteiger charge is -2.12. The quantitative estimate of drug-likeness (QED) is 0.803. The van der Waals surface area contributed by atoms with Gasteiger partial charge >= 0.3 is 6.09 Å². The Bertz CT molecular complexity index is 963. The second-order valence-corrected chi connectivity index (χ2v) is 5.21. The summed E-state index contributed by atoms with van der Waals surface area (Å²) in [4.78, 5) is 28.8. The number of amides is 1. The van der Waals surface area contributed by atoms with Crippen molar-refractivity contribution in [3.63, 3.8) is 0 Å². The average molecular weight is 323 g/mol. The van der Waals surface area contributed by atoms with E-state index in [9.17, 15) is 9.59 Å². The number of rotatable bonds is 3. The summed E-state index contributed by atoms with van der Waals surface area (Å²) in [6.45, 7) is 3.80. The number of anilines is 1. The normalized spacial score (nSPS) is 10.6. The molecule has 1 amide bonds. The highest BCUT2D eigenvalue weighted by Crippen LogP contribution is 2.16. The highest BCUT2D eigenvalue weighted by molar-refractivity contribution is 5.85. The van der Waals surface area contributed by atoms with Crippen LogP contribution in [-0.4, -0.2) is 22.3 Å². The van der Waals surface area contributed by atoms with Gasteiger partial charge in [-0.15, -0.1) is 0 Å². The molecule has 1 aromatic heterocycles. The second-order valence-electron chi connectivity index (χ2n) is 5.21. The fraction of sp³-hybridized carbons (Fsp3) is 0.167. The molecule has 6 heteroatoms. The molecule has 0 spiro atoms. The van der Waals surface area contributed by atoms with E-state index < -0.39 is 6.09 Å². The van der Waals surface area contributed by atoms with Crippen LogP contribution >= 0.6 is 0 Å². The van der Waals surface area contributed by atoms with Crippen LogP contribution in [0.1, 0.15) is 12.7 Å². The molecule has 0 aliphatic heterocycles. The van der Waals surface area contributed by atoms with Gasteiger partial charge in [0.2, 0.25) is 0 Å². The maximum atomic E-state index is 12.8. The second kappa shape index (κ2) is 6.54. The third kappa shape index (κ3) is 2.99. The largest absolute Gasteiger partial charge is 0.450 e. The van der Waals surface area contributed by atoms with E-state index in [1.165, 1.54) is 4.57 Å². The molecule has 0 aliphatic carbocycles. The van der Waals surface area contributed by atoms with Gasteiger partial charge in [0.15, 0.2) is 0 Å². The number of aryl methyl sites for hydroxylation is 1. The van der Waals surface area contributed by atoms with E-state index >= 15 is 0 Å². The summed E-state index contributed by atoms with van der Waals surface area (Å²) in [6.07, 6.45) is -0.532. The van der Waals surface area contributed by atoms with Crippen molar-refractivity contribution in [2.75, 3.05) is 11.9 Å². The van der Waals surface area contributed by atoms with Crippen molar-refractivity contribution >= 4 is 22.7 Å². The molecule has 3 rings (SSSR count). The first-order valence-electron chi connectivity index (χ1n) is 7.62. The molecule has 0 fully saturated rings. The Morgan fingerprint density at radius 3 is 2.79 bits per heavy atom. The molecule has 1 heterocycles. The molecule has 0 saturated heterocycles. The van der Waals surface area contributed by atoms with Gasteiger partial charge in [0.25, 0.3) is 5.56 Å². The van der Waals surface area contributed by atoms with Crippen LogP contribution in [0, 0.1) is 6.92 Å². The molecule has 0 saturated carbocycles. The highest BCUT2D eigenvalue weighted by atomic mass is 16.5. The van der Waals surface area contributed by atoms with E-state index in [1.54, 1.807) is 44.2 Å². The lowest BCUT2D eigenvalue weighted by atomic mass is 10.2. The van der Waals surface area contributed by atoms with Gasteiger partial charge in [-0.3, -0.25) is 14.7 Å². The first kappa shape index (κ1) is 15.7. The molecule has 0 atom stereocenters. The molecule has 24 heavy (non-hydrogen) atoms. The Morgan fingerprint density at radius 2 is 2.00 bits per heavy atom. The van der Waals surface area contributed by atoms with Crippen LogP contribution in [0.15, 0.2) is 53.3 Å². The predicted octanol–water partition coefficient (Wildman–Crippen LogP) is 3.26. The van der Waals surface area contributed by atoms with Gasteiger partial charge in [0, 0.05) is 5.69 Å². The van der Waals surface area contributed by atoms with Crippen LogP contribution in [0.3, 0.4) is 0 Å². The molecule has 0 radical (unpaired) electrons. The van der Waals surface area contributed by atoms with Crippen molar-refractivity contribution in [2.24, 2.45) is 0 Å². The predicted molar refractivity (Wildman–Crippen MR) is 92.7 cm³/mol. The summed E-state index contributed by atoms with van der Waals surface area (Å²) in [5.74, 6) is 0.576. The van der Waals surface area contributed by atoms with Crippen molar-refractivity contribution in [3.8, 4) is 5.69 Å². The zero-order valence-electron chi connectivity index (χ0n) is 13.4. The Balaban J connectivity index is 2.08. The first-order chi connectivity index (χ1) is 11.6. The summed E-state index contributed by atoms with van der Waals surface area (Å²) in [6, 6.07) is 14.2. The number of benzene rings is 2. The number of aromatic nitrogens is 2. The molecule has 0 aliphatic rings. The first-order valence-corrected chi connectivity index (χ1v) is 7.62. The van der Waals surface area contributed by atoms with E-state index in [0.29, 0.717) is 34.7 Å². The van der Waals surface area contributed by atoms with Gasteiger partial charge in [0.05, 0.1) is 23.2 Å². The molecule has 0 bridgehead atoms. The zero-order valence-corrected chi connectivity index (χ0v) is 13.4. The van der Waals surface area contributed by atoms with E-state index in [-0.39, 0.29) is 5.56 Å². The number of hydrogen-bond donors (Lipinski definition) is 1. The number of hydrogen-bond acceptors (Lipinski definition) is 4. The lowest BCUT2D eigenvalue weighted by molar-refractivity contribution is 0.168. The van der Waals surface area contributed by atoms with Crippen LogP contribution in [0.5, 0.6) is 0 Å². The van der Waals surface area contributed by atoms with Gasteiger partial charge < -0.3 is 4.74 Å². The van der Waals surface area contributed by atoms with Crippen molar-refractivity contribution < 1.29 is 9.53 Å². The van der Waals surface area contributed by atoms with Crippen LogP contribution in [0.2, 0.25) is 0 Å². The molecule has 3 aromatic rings. The van der Waals surface area contributed by atoms with Gasteiger partial charge in [-0.1, -0.05) is 18.2 Å². The van der Waals surface area contributed by atoms with Gasteiger partial charge in [-0.2, -0.15) is 0 Å². The summed E-state index contributed by atoms with van der Waals surface area (Å²) in [7, 11) is 0. The standard InChI is InChI=1S/C18H17N3O3/c1-3-24-18(23)20-13-7-6-8-14(11-13)21-12(2)19-16-10-5-4-9-15(16)17(21)22/h4-11H,3H2,1-2H3,(H,20,23). The minimum atomic E-state index is -0.532. The molecule has 0 unspecified atom stereocenters. The monoisotopic (exact) mass is 323 g/mol. The Kier molecular flexibility index (Phi) is 4.29. The Hall–Kier alpha value is -3.15. The van der Waals surface area contributed by atoms with Crippen molar-refractivity contribution in [1.82, 2.24) is 9.55 Å². The number of carbonyl (C=O) groups is 1. The maximum absolute atomic E-state index is 12.8. The average Bonchev–Trinajstić information content (AvgIpc) is 2.55. The number of nitrogens with one attached hydrogen (secondary N) is 1. The minimum Gasteiger partial charge on any atom is -0.450 e. The summed E-state index contributed by atoms with van der Waals surface area (Å²) < 4.78 is 6.39. The fourth-order valence-electron chi connectivity index (χ4n) is 2.56. The molecule has 6 nitrogen and oxygen atoms in total. The van der Waals surface area contributed by atoms with Crippen LogP contribution in [-0.2, 0) is 4.74 Å². The van der Waals surface area contributed by atoms with Gasteiger partial charge in [-0.25, -0.2) is 9.78 Å². The van der Waals surface area contributed by atoms with Gasteiger partial charge in [-0.05, 0) is 44.2 Å². The smallest absolute Gasteiger partial charge is 0.411 e. The van der Waals surface area contributed by atoms with E-state index in [2.05, 4.69) is 10.3 Å². The third-order valence-electron chi connectivity index (χ3n) is 3.57. The topological polar surface area (TPSA) is 73.2 Å². The van der Waals surface area contributed by atoms with E-state index in [4.69, 9.17) is 4.74 Å². The molecular weight excluding hydrogens is 306 g/mol. The zero-order chi connectivity index (χ0) is 17.1. The molecule has 1 N–H and O–H groups in total. The number of ether oxygens (including phenoxy) is 1. The maximum Gasteiger partial charge on any atom is 0.411 e. The SMILES string of the molecule is CCOC(=O)Nc1cccc(-n2c(C)nc3ccccc3c2=O)c1. The number of carbonyl (C=O) groups excluding carboxylic acids is 1. The Labute approximate surface area is 138 Å². The highest BCUT2D eigenvalue weighted by Gasteiger charge is 2.10. The van der Waals surface area contributed by atoms with Crippen molar-refractivity contribution in [3.05, 3.63) is 64.7 Å². The number of fused-ring (bicyclic) bond motifs is 1. The number of para-hydroxylation sites is 1. The summed E-state index contributed by atoms with van der Waals surface area (Å²) >= 11 is 0. The molecule has 122 valence electrons. The van der Waals surface area contributed by atoms with Crippen molar-refractivity contribution in [1.29, 1.82) is 0 Å². The minimum absolute atomic E-state index is 0.147. The summed E-state index contributed by atoms with van der Waals surface area (Å²) in [5, 5.41) is 3.18. The Morgan fingerprint density at radius 1 is 1.21 bits per heavy atom. The van der Waals surface area contributed by atoms with E-state index in [1.807, 2.05) is 18.2 Å². The molecule has 2 aromatic carbocycles. The fourth-order valence-corrected chi connectivity index (χ4v) is 2.56. The summed E-state index contributed by atoms with van der Waals surface area (Å²) in [5.41, 5.74) is 1.69. The molecular formula is C18H17N3O3. The number of nitrogens with zero attached hydrogens (tertiary/aromatic N) is 2. The van der Waals surface area contributed by atoms with Gasteiger partial charge in [0.1, 0.15) is 5.82 Å². The van der Waals surface area contributed by atoms with Crippen molar-refractivity contribution in [2.45, 2.75) is 13.8 Å². The third-order valence-corrected chi connectivity index (χ3v) is 3.57. The van der Waals surface area contributed by atoms with Crippen LogP contribution in [0.25, 0.3) is 16.6 Å². The lowest BCUT2D eigenvalue weighted by Crippen LogP contribution is -2.22. The van der Waals surface area contributed by atoms with E-state index in [0.717, 1.165) is 0 Å². The van der Waals surface area contributed by atoms with Crippen LogP contribution in [0.4, 0.5) is 10.5 Å². The van der Waals surface area contributed by atoms with Crippen LogP contribution < -0.4 is 10.9 Å².